The number of halogens is 1. The zero-order chi connectivity index (χ0) is 13.1. The van der Waals surface area contributed by atoms with Crippen molar-refractivity contribution in [2.75, 3.05) is 0 Å². The zero-order valence-electron chi connectivity index (χ0n) is 9.43. The highest BCUT2D eigenvalue weighted by molar-refractivity contribution is 5.96. The average molecular weight is 246 g/mol. The van der Waals surface area contributed by atoms with Crippen molar-refractivity contribution in [2.24, 2.45) is 0 Å². The summed E-state index contributed by atoms with van der Waals surface area (Å²) in [6.45, 7) is -0.0739. The minimum Gasteiger partial charge on any atom is -0.478 e. The lowest BCUT2D eigenvalue weighted by Gasteiger charge is -2.07. The number of aliphatic hydroxyl groups excluding tert-OH is 1. The summed E-state index contributed by atoms with van der Waals surface area (Å²) in [5, 5.41) is 18.0. The standard InChI is InChI=1S/C14H11FO3/c15-11-5-6-12(13(7-11)14(17)18)10-3-1-9(8-16)2-4-10/h1-7,16H,8H2,(H,17,18). The molecule has 0 aliphatic heterocycles. The number of hydrogen-bond donors (Lipinski definition) is 2. The Kier molecular flexibility index (Phi) is 3.39. The van der Waals surface area contributed by atoms with E-state index in [2.05, 4.69) is 0 Å². The second kappa shape index (κ2) is 4.98. The van der Waals surface area contributed by atoms with Crippen LogP contribution in [0.4, 0.5) is 4.39 Å². The molecule has 0 aliphatic carbocycles. The monoisotopic (exact) mass is 246 g/mol. The predicted molar refractivity (Wildman–Crippen MR) is 64.7 cm³/mol. The van der Waals surface area contributed by atoms with Crippen LogP contribution in [0.5, 0.6) is 0 Å². The van der Waals surface area contributed by atoms with E-state index < -0.39 is 11.8 Å². The first-order valence-corrected chi connectivity index (χ1v) is 5.35. The van der Waals surface area contributed by atoms with E-state index in [1.54, 1.807) is 24.3 Å². The molecule has 3 nitrogen and oxygen atoms in total. The molecule has 2 N–H and O–H groups in total. The van der Waals surface area contributed by atoms with Crippen LogP contribution in [-0.4, -0.2) is 16.2 Å². The maximum atomic E-state index is 13.0. The van der Waals surface area contributed by atoms with Crippen LogP contribution in [0, 0.1) is 5.82 Å². The zero-order valence-corrected chi connectivity index (χ0v) is 9.43. The van der Waals surface area contributed by atoms with Gasteiger partial charge >= 0.3 is 5.97 Å². The number of hydrogen-bond acceptors (Lipinski definition) is 2. The first kappa shape index (κ1) is 12.3. The van der Waals surface area contributed by atoms with E-state index in [1.807, 2.05) is 0 Å². The van der Waals surface area contributed by atoms with Crippen molar-refractivity contribution in [3.8, 4) is 11.1 Å². The number of carboxylic acid groups (broad SMARTS) is 1. The van der Waals surface area contributed by atoms with E-state index in [1.165, 1.54) is 12.1 Å². The van der Waals surface area contributed by atoms with Crippen LogP contribution in [0.2, 0.25) is 0 Å². The molecule has 2 aromatic rings. The van der Waals surface area contributed by atoms with Gasteiger partial charge in [-0.2, -0.15) is 0 Å². The Labute approximate surface area is 103 Å². The van der Waals surface area contributed by atoms with E-state index in [9.17, 15) is 9.18 Å². The summed E-state index contributed by atoms with van der Waals surface area (Å²) < 4.78 is 13.0. The molecule has 0 fully saturated rings. The molecule has 0 radical (unpaired) electrons. The van der Waals surface area contributed by atoms with Gasteiger partial charge in [0.1, 0.15) is 5.82 Å². The second-order valence-corrected chi connectivity index (χ2v) is 3.85. The van der Waals surface area contributed by atoms with E-state index >= 15 is 0 Å². The highest BCUT2D eigenvalue weighted by Crippen LogP contribution is 2.25. The normalized spacial score (nSPS) is 10.3. The number of carbonyl (C=O) groups is 1. The van der Waals surface area contributed by atoms with Gasteiger partial charge in [0.25, 0.3) is 0 Å². The van der Waals surface area contributed by atoms with E-state index in [-0.39, 0.29) is 12.2 Å². The molecule has 0 aromatic heterocycles. The van der Waals surface area contributed by atoms with Crippen molar-refractivity contribution in [3.63, 3.8) is 0 Å². The lowest BCUT2D eigenvalue weighted by molar-refractivity contribution is 0.0697. The largest absolute Gasteiger partial charge is 0.478 e. The van der Waals surface area contributed by atoms with E-state index in [0.29, 0.717) is 11.1 Å². The van der Waals surface area contributed by atoms with Crippen molar-refractivity contribution in [2.45, 2.75) is 6.61 Å². The van der Waals surface area contributed by atoms with E-state index in [4.69, 9.17) is 10.2 Å². The summed E-state index contributed by atoms with van der Waals surface area (Å²) in [4.78, 5) is 11.1. The number of aliphatic hydroxyl groups is 1. The maximum Gasteiger partial charge on any atom is 0.336 e. The number of carboxylic acids is 1. The molecule has 0 spiro atoms. The molecule has 0 unspecified atom stereocenters. The first-order valence-electron chi connectivity index (χ1n) is 5.35. The lowest BCUT2D eigenvalue weighted by atomic mass is 9.98. The van der Waals surface area contributed by atoms with Crippen LogP contribution in [0.3, 0.4) is 0 Å². The quantitative estimate of drug-likeness (QED) is 0.875. The van der Waals surface area contributed by atoms with Crippen LogP contribution < -0.4 is 0 Å². The molecule has 2 rings (SSSR count). The summed E-state index contributed by atoms with van der Waals surface area (Å²) in [6.07, 6.45) is 0. The van der Waals surface area contributed by atoms with Crippen LogP contribution in [0.15, 0.2) is 42.5 Å². The molecule has 4 heteroatoms. The molecular formula is C14H11FO3. The van der Waals surface area contributed by atoms with Crippen molar-refractivity contribution < 1.29 is 19.4 Å². The fourth-order valence-corrected chi connectivity index (χ4v) is 1.73. The van der Waals surface area contributed by atoms with Crippen LogP contribution in [0.1, 0.15) is 15.9 Å². The van der Waals surface area contributed by atoms with E-state index in [0.717, 1.165) is 11.6 Å². The van der Waals surface area contributed by atoms with Crippen LogP contribution >= 0.6 is 0 Å². The molecule has 0 bridgehead atoms. The van der Waals surface area contributed by atoms with Gasteiger partial charge in [-0.3, -0.25) is 0 Å². The summed E-state index contributed by atoms with van der Waals surface area (Å²) in [6, 6.07) is 10.5. The molecular weight excluding hydrogens is 235 g/mol. The Morgan fingerprint density at radius 3 is 2.33 bits per heavy atom. The molecule has 0 saturated heterocycles. The molecule has 0 atom stereocenters. The van der Waals surface area contributed by atoms with Crippen LogP contribution in [-0.2, 0) is 6.61 Å². The first-order chi connectivity index (χ1) is 8.61. The molecule has 0 aliphatic rings. The van der Waals surface area contributed by atoms with Crippen LogP contribution in [0.25, 0.3) is 11.1 Å². The highest BCUT2D eigenvalue weighted by Gasteiger charge is 2.12. The fourth-order valence-electron chi connectivity index (χ4n) is 1.73. The molecule has 92 valence electrons. The van der Waals surface area contributed by atoms with Gasteiger partial charge in [-0.1, -0.05) is 30.3 Å². The third-order valence-electron chi connectivity index (χ3n) is 2.66. The fraction of sp³-hybridized carbons (Fsp3) is 0.0714. The summed E-state index contributed by atoms with van der Waals surface area (Å²) >= 11 is 0. The van der Waals surface area contributed by atoms with Gasteiger partial charge in [-0.05, 0) is 28.8 Å². The highest BCUT2D eigenvalue weighted by atomic mass is 19.1. The van der Waals surface area contributed by atoms with Crippen molar-refractivity contribution in [3.05, 3.63) is 59.4 Å². The third kappa shape index (κ3) is 2.38. The summed E-state index contributed by atoms with van der Waals surface area (Å²) in [7, 11) is 0. The van der Waals surface area contributed by atoms with Gasteiger partial charge in [0.15, 0.2) is 0 Å². The molecule has 2 aromatic carbocycles. The minimum atomic E-state index is -1.17. The number of rotatable bonds is 3. The van der Waals surface area contributed by atoms with Gasteiger partial charge in [-0.15, -0.1) is 0 Å². The van der Waals surface area contributed by atoms with Gasteiger partial charge in [-0.25, -0.2) is 9.18 Å². The smallest absolute Gasteiger partial charge is 0.336 e. The topological polar surface area (TPSA) is 57.5 Å². The molecule has 0 heterocycles. The Balaban J connectivity index is 2.52. The minimum absolute atomic E-state index is 0.0739. The SMILES string of the molecule is O=C(O)c1cc(F)ccc1-c1ccc(CO)cc1. The Bertz CT molecular complexity index is 576. The summed E-state index contributed by atoms with van der Waals surface area (Å²) in [5.41, 5.74) is 1.78. The number of benzene rings is 2. The van der Waals surface area contributed by atoms with Gasteiger partial charge in [0.05, 0.1) is 12.2 Å². The van der Waals surface area contributed by atoms with Gasteiger partial charge in [0.2, 0.25) is 0 Å². The second-order valence-electron chi connectivity index (χ2n) is 3.85. The summed E-state index contributed by atoms with van der Waals surface area (Å²) in [5.74, 6) is -1.75. The lowest BCUT2D eigenvalue weighted by Crippen LogP contribution is -2.00. The number of aromatic carboxylic acids is 1. The Hall–Kier alpha value is -2.20. The van der Waals surface area contributed by atoms with Crippen molar-refractivity contribution in [1.29, 1.82) is 0 Å². The molecule has 0 amide bonds. The van der Waals surface area contributed by atoms with Crippen molar-refractivity contribution >= 4 is 5.97 Å². The molecule has 18 heavy (non-hydrogen) atoms. The van der Waals surface area contributed by atoms with Gasteiger partial charge in [0, 0.05) is 0 Å². The maximum absolute atomic E-state index is 13.0. The third-order valence-corrected chi connectivity index (χ3v) is 2.66. The average Bonchev–Trinajstić information content (AvgIpc) is 2.39. The van der Waals surface area contributed by atoms with Crippen molar-refractivity contribution in [1.82, 2.24) is 0 Å². The van der Waals surface area contributed by atoms with Gasteiger partial charge < -0.3 is 10.2 Å². The Morgan fingerprint density at radius 2 is 1.78 bits per heavy atom. The Morgan fingerprint density at radius 1 is 1.11 bits per heavy atom. The predicted octanol–water partition coefficient (Wildman–Crippen LogP) is 2.68. The molecule has 0 saturated carbocycles.